The monoisotopic (exact) mass is 620 g/mol. The predicted octanol–water partition coefficient (Wildman–Crippen LogP) is 5.57. The topological polar surface area (TPSA) is 168 Å². The Hall–Kier alpha value is -5.45. The van der Waals surface area contributed by atoms with E-state index in [9.17, 15) is 14.4 Å². The van der Waals surface area contributed by atoms with E-state index in [1.807, 2.05) is 30.3 Å². The molecular weight excluding hydrogens is 580 g/mol. The molecule has 0 unspecified atom stereocenters. The van der Waals surface area contributed by atoms with Crippen LogP contribution in [0.5, 0.6) is 0 Å². The molecule has 2 aromatic carbocycles. The lowest BCUT2D eigenvalue weighted by atomic mass is 9.78. The van der Waals surface area contributed by atoms with Crippen molar-refractivity contribution in [2.45, 2.75) is 51.9 Å². The number of anilines is 6. The largest absolute Gasteiger partial charge is 0.385 e. The van der Waals surface area contributed by atoms with E-state index < -0.39 is 0 Å². The molecule has 6 rings (SSSR count). The maximum absolute atomic E-state index is 12.4. The fraction of sp³-hybridized carbons (Fsp3) is 0.286. The predicted molar refractivity (Wildman–Crippen MR) is 183 cm³/mol. The molecule has 0 radical (unpaired) electrons. The SMILES string of the molecule is CC(=O)N1CC(C)(C)c2ccc(NC(=O)c3cccnc3N)cc21.CC1(C)CCNc2cc(NC(=O)c3cccnc3N)ccc21. The highest BCUT2D eigenvalue weighted by Crippen LogP contribution is 2.42. The molecule has 2 aliphatic rings. The number of aromatic nitrogens is 2. The molecule has 7 N–H and O–H groups in total. The summed E-state index contributed by atoms with van der Waals surface area (Å²) in [7, 11) is 0. The number of nitrogens with zero attached hydrogens (tertiary/aromatic N) is 3. The van der Waals surface area contributed by atoms with Gasteiger partial charge in [0.25, 0.3) is 11.8 Å². The number of nitrogens with one attached hydrogen (secondary N) is 3. The first-order chi connectivity index (χ1) is 21.8. The molecule has 4 aromatic rings. The summed E-state index contributed by atoms with van der Waals surface area (Å²) in [5.74, 6) is -0.172. The van der Waals surface area contributed by atoms with Crippen molar-refractivity contribution >= 4 is 52.1 Å². The Kier molecular flexibility index (Phi) is 8.69. The van der Waals surface area contributed by atoms with Gasteiger partial charge < -0.3 is 32.3 Å². The Morgan fingerprint density at radius 2 is 1.33 bits per heavy atom. The molecule has 46 heavy (non-hydrogen) atoms. The number of amides is 3. The number of carbonyl (C=O) groups is 3. The zero-order valence-electron chi connectivity index (χ0n) is 26.8. The number of fused-ring (bicyclic) bond motifs is 2. The fourth-order valence-corrected chi connectivity index (χ4v) is 5.87. The lowest BCUT2D eigenvalue weighted by Crippen LogP contribution is -2.32. The molecule has 2 aromatic heterocycles. The average molecular weight is 621 g/mol. The summed E-state index contributed by atoms with van der Waals surface area (Å²) < 4.78 is 0. The highest BCUT2D eigenvalue weighted by molar-refractivity contribution is 6.08. The number of carbonyl (C=O) groups excluding carboxylic acids is 3. The first-order valence-corrected chi connectivity index (χ1v) is 15.1. The van der Waals surface area contributed by atoms with Crippen LogP contribution in [0.3, 0.4) is 0 Å². The van der Waals surface area contributed by atoms with Gasteiger partial charge in [-0.2, -0.15) is 0 Å². The molecule has 2 aliphatic heterocycles. The zero-order chi connectivity index (χ0) is 33.2. The second kappa shape index (κ2) is 12.5. The summed E-state index contributed by atoms with van der Waals surface area (Å²) >= 11 is 0. The second-order valence-electron chi connectivity index (χ2n) is 12.8. The Morgan fingerprint density at radius 3 is 1.87 bits per heavy atom. The average Bonchev–Trinajstić information content (AvgIpc) is 3.27. The molecule has 0 fully saturated rings. The van der Waals surface area contributed by atoms with Gasteiger partial charge in [-0.05, 0) is 71.5 Å². The van der Waals surface area contributed by atoms with Crippen LogP contribution in [-0.4, -0.2) is 40.8 Å². The van der Waals surface area contributed by atoms with Crippen LogP contribution in [0.4, 0.5) is 34.4 Å². The first-order valence-electron chi connectivity index (χ1n) is 15.1. The van der Waals surface area contributed by atoms with Crippen LogP contribution >= 0.6 is 0 Å². The van der Waals surface area contributed by atoms with Gasteiger partial charge in [-0.1, -0.05) is 39.8 Å². The van der Waals surface area contributed by atoms with E-state index in [1.54, 1.807) is 42.3 Å². The molecule has 3 amide bonds. The van der Waals surface area contributed by atoms with E-state index in [2.05, 4.69) is 59.7 Å². The van der Waals surface area contributed by atoms with Gasteiger partial charge in [-0.25, -0.2) is 9.97 Å². The smallest absolute Gasteiger partial charge is 0.259 e. The van der Waals surface area contributed by atoms with Crippen LogP contribution in [0, 0.1) is 0 Å². The Bertz CT molecular complexity index is 1820. The summed E-state index contributed by atoms with van der Waals surface area (Å²) in [6.45, 7) is 11.8. The lowest BCUT2D eigenvalue weighted by molar-refractivity contribution is -0.116. The molecule has 0 saturated carbocycles. The summed E-state index contributed by atoms with van der Waals surface area (Å²) in [6, 6.07) is 18.2. The number of hydrogen-bond acceptors (Lipinski definition) is 8. The first kappa shape index (κ1) is 32.0. The fourth-order valence-electron chi connectivity index (χ4n) is 5.87. The van der Waals surface area contributed by atoms with Crippen LogP contribution in [0.2, 0.25) is 0 Å². The summed E-state index contributed by atoms with van der Waals surface area (Å²) in [4.78, 5) is 46.1. The number of pyridine rings is 2. The van der Waals surface area contributed by atoms with Gasteiger partial charge in [0.1, 0.15) is 11.6 Å². The van der Waals surface area contributed by atoms with Gasteiger partial charge in [0, 0.05) is 60.6 Å². The minimum absolute atomic E-state index is 0.0122. The van der Waals surface area contributed by atoms with Crippen molar-refractivity contribution in [3.63, 3.8) is 0 Å². The molecule has 11 heteroatoms. The molecular formula is C35H40N8O3. The molecule has 0 spiro atoms. The van der Waals surface area contributed by atoms with Gasteiger partial charge >= 0.3 is 0 Å². The van der Waals surface area contributed by atoms with Gasteiger partial charge in [-0.15, -0.1) is 0 Å². The number of benzene rings is 2. The number of nitrogen functional groups attached to an aromatic ring is 2. The van der Waals surface area contributed by atoms with Crippen LogP contribution in [-0.2, 0) is 15.6 Å². The Morgan fingerprint density at radius 1 is 0.783 bits per heavy atom. The minimum Gasteiger partial charge on any atom is -0.385 e. The quantitative estimate of drug-likeness (QED) is 0.197. The third-order valence-corrected chi connectivity index (χ3v) is 8.45. The normalized spacial score (nSPS) is 15.3. The van der Waals surface area contributed by atoms with Gasteiger partial charge in [0.15, 0.2) is 0 Å². The number of nitrogens with two attached hydrogens (primary N) is 2. The van der Waals surface area contributed by atoms with Gasteiger partial charge in [0.2, 0.25) is 5.91 Å². The van der Waals surface area contributed by atoms with Crippen molar-refractivity contribution in [2.75, 3.05) is 45.4 Å². The molecule has 0 atom stereocenters. The summed E-state index contributed by atoms with van der Waals surface area (Å²) in [6.07, 6.45) is 4.20. The van der Waals surface area contributed by atoms with E-state index in [0.717, 1.165) is 35.6 Å². The second-order valence-corrected chi connectivity index (χ2v) is 12.8. The zero-order valence-corrected chi connectivity index (χ0v) is 26.8. The number of hydrogen-bond donors (Lipinski definition) is 5. The maximum Gasteiger partial charge on any atom is 0.259 e. The molecule has 0 aliphatic carbocycles. The maximum atomic E-state index is 12.4. The highest BCUT2D eigenvalue weighted by atomic mass is 16.2. The Balaban J connectivity index is 0.000000182. The van der Waals surface area contributed by atoms with Crippen molar-refractivity contribution in [1.29, 1.82) is 0 Å². The lowest BCUT2D eigenvalue weighted by Gasteiger charge is -2.33. The van der Waals surface area contributed by atoms with Crippen molar-refractivity contribution in [3.8, 4) is 0 Å². The number of rotatable bonds is 4. The van der Waals surface area contributed by atoms with Crippen molar-refractivity contribution in [1.82, 2.24) is 9.97 Å². The van der Waals surface area contributed by atoms with E-state index in [4.69, 9.17) is 11.5 Å². The van der Waals surface area contributed by atoms with Crippen LogP contribution in [0.1, 0.15) is 72.9 Å². The van der Waals surface area contributed by atoms with Crippen LogP contribution < -0.4 is 32.3 Å². The van der Waals surface area contributed by atoms with E-state index in [1.165, 1.54) is 11.8 Å². The third-order valence-electron chi connectivity index (χ3n) is 8.45. The molecule has 4 heterocycles. The molecule has 238 valence electrons. The van der Waals surface area contributed by atoms with E-state index in [-0.39, 0.29) is 40.2 Å². The van der Waals surface area contributed by atoms with Crippen molar-refractivity contribution in [3.05, 3.63) is 95.3 Å². The van der Waals surface area contributed by atoms with Gasteiger partial charge in [-0.3, -0.25) is 14.4 Å². The van der Waals surface area contributed by atoms with Crippen LogP contribution in [0.15, 0.2) is 73.1 Å². The molecule has 11 nitrogen and oxygen atoms in total. The Labute approximate surface area is 268 Å². The van der Waals surface area contributed by atoms with Crippen molar-refractivity contribution < 1.29 is 14.4 Å². The summed E-state index contributed by atoms with van der Waals surface area (Å²) in [5.41, 5.74) is 17.9. The third kappa shape index (κ3) is 6.63. The highest BCUT2D eigenvalue weighted by Gasteiger charge is 2.37. The van der Waals surface area contributed by atoms with E-state index in [0.29, 0.717) is 23.4 Å². The van der Waals surface area contributed by atoms with Crippen molar-refractivity contribution in [2.24, 2.45) is 0 Å². The van der Waals surface area contributed by atoms with Crippen LogP contribution in [0.25, 0.3) is 0 Å². The standard InChI is InChI=1S/C18H20N4O2.C17H20N4O/c1-11(23)22-10-18(2,3)14-7-6-12(9-15(14)22)21-17(24)13-5-4-8-20-16(13)19;1-17(2)7-9-19-14-10-11(5-6-13(14)17)21-16(22)12-4-3-8-20-15(12)18/h4-9H,10H2,1-3H3,(H2,19,20)(H,21,24);3-6,8,10,19H,7,9H2,1-2H3,(H2,18,20)(H,21,22). The molecule has 0 bridgehead atoms. The van der Waals surface area contributed by atoms with Gasteiger partial charge in [0.05, 0.1) is 11.1 Å². The minimum atomic E-state index is -0.327. The summed E-state index contributed by atoms with van der Waals surface area (Å²) in [5, 5.41) is 9.09. The van der Waals surface area contributed by atoms with E-state index >= 15 is 0 Å². The molecule has 0 saturated heterocycles.